The lowest BCUT2D eigenvalue weighted by Gasteiger charge is -2.31. The predicted molar refractivity (Wildman–Crippen MR) is 159 cm³/mol. The maximum atomic E-state index is 13.3. The van der Waals surface area contributed by atoms with Crippen LogP contribution in [-0.4, -0.2) is 24.4 Å². The van der Waals surface area contributed by atoms with Gasteiger partial charge in [0, 0.05) is 0 Å². The van der Waals surface area contributed by atoms with Crippen LogP contribution in [0.3, 0.4) is 0 Å². The van der Waals surface area contributed by atoms with Crippen LogP contribution >= 0.6 is 0 Å². The minimum atomic E-state index is -0.647. The summed E-state index contributed by atoms with van der Waals surface area (Å²) in [5.74, 6) is 0. The molecule has 1 amide bonds. The second kappa shape index (κ2) is 15.0. The summed E-state index contributed by atoms with van der Waals surface area (Å²) in [6, 6.07) is 39.6. The molecule has 4 aromatic rings. The Balaban J connectivity index is 1.47. The van der Waals surface area contributed by atoms with E-state index in [1.807, 2.05) is 123 Å². The Morgan fingerprint density at radius 1 is 0.700 bits per heavy atom. The molecule has 0 bridgehead atoms. The van der Waals surface area contributed by atoms with E-state index < -0.39 is 23.8 Å². The molecule has 4 aromatic carbocycles. The minimum absolute atomic E-state index is 0.291. The number of amides is 1. The van der Waals surface area contributed by atoms with Gasteiger partial charge in [-0.1, -0.05) is 121 Å². The van der Waals surface area contributed by atoms with E-state index in [0.717, 1.165) is 23.1 Å². The van der Waals surface area contributed by atoms with Crippen molar-refractivity contribution < 1.29 is 19.0 Å². The van der Waals surface area contributed by atoms with Crippen LogP contribution < -0.4 is 5.32 Å². The van der Waals surface area contributed by atoms with Crippen molar-refractivity contribution in [2.75, 3.05) is 6.61 Å². The van der Waals surface area contributed by atoms with E-state index in [2.05, 4.69) is 17.4 Å². The van der Waals surface area contributed by atoms with Crippen LogP contribution in [0.4, 0.5) is 4.79 Å². The van der Waals surface area contributed by atoms with Crippen LogP contribution in [0, 0.1) is 0 Å². The van der Waals surface area contributed by atoms with E-state index >= 15 is 0 Å². The lowest BCUT2D eigenvalue weighted by Crippen LogP contribution is -2.43. The highest BCUT2D eigenvalue weighted by molar-refractivity contribution is 5.68. The molecule has 5 heteroatoms. The fourth-order valence-corrected chi connectivity index (χ4v) is 4.48. The molecule has 5 nitrogen and oxygen atoms in total. The monoisotopic (exact) mass is 537 g/mol. The van der Waals surface area contributed by atoms with Crippen LogP contribution in [-0.2, 0) is 33.8 Å². The molecule has 2 atom stereocenters. The van der Waals surface area contributed by atoms with Gasteiger partial charge in [-0.05, 0) is 48.9 Å². The quantitative estimate of drug-likeness (QED) is 0.179. The number of carbonyl (C=O) groups is 1. The largest absolute Gasteiger partial charge is 0.444 e. The maximum absolute atomic E-state index is 13.3. The molecule has 0 radical (unpaired) electrons. The van der Waals surface area contributed by atoms with Gasteiger partial charge in [0.05, 0.1) is 25.9 Å². The molecule has 208 valence electrons. The first-order valence-electron chi connectivity index (χ1n) is 13.8. The van der Waals surface area contributed by atoms with Gasteiger partial charge < -0.3 is 19.5 Å². The standard InChI is InChI=1S/C35H39NO4/c1-35(2,24-23-28-15-7-3-8-16-28)40-34(37)36-33(31-21-13-6-14-22-31)32(39-26-30-19-11-5-12-20-30)27-38-25-29-17-9-4-10-18-29/h3-22,32-33H,23-27H2,1-2H3,(H,36,37)/t32-,33-/m1/s1. The van der Waals surface area contributed by atoms with Gasteiger partial charge in [-0.2, -0.15) is 0 Å². The Morgan fingerprint density at radius 2 is 1.20 bits per heavy atom. The molecule has 0 aliphatic rings. The third kappa shape index (κ3) is 9.67. The SMILES string of the molecule is CC(C)(CCc1ccccc1)OC(=O)N[C@H](c1ccccc1)[C@@H](COCc1ccccc1)OCc1ccccc1. The van der Waals surface area contributed by atoms with Gasteiger partial charge in [0.25, 0.3) is 0 Å². The number of ether oxygens (including phenoxy) is 3. The summed E-state index contributed by atoms with van der Waals surface area (Å²) in [6.45, 7) is 5.02. The van der Waals surface area contributed by atoms with E-state index in [4.69, 9.17) is 14.2 Å². The number of nitrogens with one attached hydrogen (secondary N) is 1. The second-order valence-corrected chi connectivity index (χ2v) is 10.5. The highest BCUT2D eigenvalue weighted by Gasteiger charge is 2.30. The van der Waals surface area contributed by atoms with Crippen LogP contribution in [0.25, 0.3) is 0 Å². The summed E-state index contributed by atoms with van der Waals surface area (Å²) in [5, 5.41) is 3.11. The van der Waals surface area contributed by atoms with Crippen molar-refractivity contribution >= 4 is 6.09 Å². The first-order chi connectivity index (χ1) is 19.5. The van der Waals surface area contributed by atoms with Gasteiger partial charge in [0.1, 0.15) is 11.7 Å². The zero-order valence-electron chi connectivity index (χ0n) is 23.4. The van der Waals surface area contributed by atoms with Crippen molar-refractivity contribution in [3.63, 3.8) is 0 Å². The number of rotatable bonds is 14. The Morgan fingerprint density at radius 3 is 1.77 bits per heavy atom. The third-order valence-corrected chi connectivity index (χ3v) is 6.73. The first kappa shape index (κ1) is 29.1. The Bertz CT molecular complexity index is 1260. The van der Waals surface area contributed by atoms with E-state index in [1.165, 1.54) is 5.56 Å². The molecular weight excluding hydrogens is 498 g/mol. The van der Waals surface area contributed by atoms with Crippen molar-refractivity contribution in [3.8, 4) is 0 Å². The normalized spacial score (nSPS) is 12.8. The summed E-state index contributed by atoms with van der Waals surface area (Å²) >= 11 is 0. The Hall–Kier alpha value is -3.93. The highest BCUT2D eigenvalue weighted by atomic mass is 16.6. The molecule has 0 heterocycles. The number of alkyl carbamates (subject to hydrolysis) is 1. The van der Waals surface area contributed by atoms with Crippen LogP contribution in [0.1, 0.15) is 48.6 Å². The Kier molecular flexibility index (Phi) is 10.9. The van der Waals surface area contributed by atoms with Gasteiger partial charge >= 0.3 is 6.09 Å². The van der Waals surface area contributed by atoms with E-state index in [0.29, 0.717) is 26.2 Å². The zero-order chi connectivity index (χ0) is 28.0. The Labute approximate surface area is 238 Å². The van der Waals surface area contributed by atoms with E-state index in [1.54, 1.807) is 0 Å². The highest BCUT2D eigenvalue weighted by Crippen LogP contribution is 2.24. The zero-order valence-corrected chi connectivity index (χ0v) is 23.4. The third-order valence-electron chi connectivity index (χ3n) is 6.73. The molecule has 0 fully saturated rings. The summed E-state index contributed by atoms with van der Waals surface area (Å²) in [7, 11) is 0. The van der Waals surface area contributed by atoms with Crippen LogP contribution in [0.15, 0.2) is 121 Å². The number of hydrogen-bond acceptors (Lipinski definition) is 4. The molecule has 0 aromatic heterocycles. The molecule has 0 saturated carbocycles. The van der Waals surface area contributed by atoms with Gasteiger partial charge in [-0.3, -0.25) is 0 Å². The number of hydrogen-bond donors (Lipinski definition) is 1. The summed E-state index contributed by atoms with van der Waals surface area (Å²) < 4.78 is 18.5. The summed E-state index contributed by atoms with van der Waals surface area (Å²) in [5.41, 5.74) is 3.61. The van der Waals surface area contributed by atoms with Crippen molar-refractivity contribution in [1.29, 1.82) is 0 Å². The van der Waals surface area contributed by atoms with Crippen molar-refractivity contribution in [3.05, 3.63) is 144 Å². The number of benzene rings is 4. The van der Waals surface area contributed by atoms with Crippen molar-refractivity contribution in [2.45, 2.75) is 57.6 Å². The predicted octanol–water partition coefficient (Wildman–Crippen LogP) is 7.67. The first-order valence-corrected chi connectivity index (χ1v) is 13.8. The maximum Gasteiger partial charge on any atom is 0.408 e. The molecule has 0 aliphatic carbocycles. The fourth-order valence-electron chi connectivity index (χ4n) is 4.48. The van der Waals surface area contributed by atoms with Crippen LogP contribution in [0.5, 0.6) is 0 Å². The molecule has 40 heavy (non-hydrogen) atoms. The topological polar surface area (TPSA) is 56.8 Å². The average molecular weight is 538 g/mol. The fraction of sp³-hybridized carbons (Fsp3) is 0.286. The van der Waals surface area contributed by atoms with Gasteiger partial charge in [0.2, 0.25) is 0 Å². The van der Waals surface area contributed by atoms with Gasteiger partial charge in [-0.25, -0.2) is 4.79 Å². The smallest absolute Gasteiger partial charge is 0.408 e. The van der Waals surface area contributed by atoms with Crippen molar-refractivity contribution in [1.82, 2.24) is 5.32 Å². The van der Waals surface area contributed by atoms with Gasteiger partial charge in [0.15, 0.2) is 0 Å². The number of carbonyl (C=O) groups excluding carboxylic acids is 1. The lowest BCUT2D eigenvalue weighted by molar-refractivity contribution is -0.0503. The minimum Gasteiger partial charge on any atom is -0.444 e. The summed E-state index contributed by atoms with van der Waals surface area (Å²) in [4.78, 5) is 13.3. The molecule has 0 spiro atoms. The second-order valence-electron chi connectivity index (χ2n) is 10.5. The molecule has 0 unspecified atom stereocenters. The molecule has 4 rings (SSSR count). The molecule has 0 saturated heterocycles. The van der Waals surface area contributed by atoms with Crippen LogP contribution in [0.2, 0.25) is 0 Å². The van der Waals surface area contributed by atoms with E-state index in [9.17, 15) is 4.79 Å². The molecule has 1 N–H and O–H groups in total. The number of aryl methyl sites for hydroxylation is 1. The lowest BCUT2D eigenvalue weighted by atomic mass is 9.98. The van der Waals surface area contributed by atoms with Crippen molar-refractivity contribution in [2.24, 2.45) is 0 Å². The molecule has 0 aliphatic heterocycles. The molecular formula is C35H39NO4. The summed E-state index contributed by atoms with van der Waals surface area (Å²) in [6.07, 6.45) is 0.586. The van der Waals surface area contributed by atoms with Gasteiger partial charge in [-0.15, -0.1) is 0 Å². The van der Waals surface area contributed by atoms with E-state index in [-0.39, 0.29) is 0 Å². The average Bonchev–Trinajstić information content (AvgIpc) is 2.99.